The molecule has 0 aliphatic carbocycles. The number of para-hydroxylation sites is 1. The molecule has 1 amide bonds. The van der Waals surface area contributed by atoms with Gasteiger partial charge in [-0.3, -0.25) is 4.79 Å². The normalized spacial score (nSPS) is 24.1. The number of hydrogen-bond acceptors (Lipinski definition) is 4. The number of rotatable bonds is 1. The highest BCUT2D eigenvalue weighted by Gasteiger charge is 2.33. The van der Waals surface area contributed by atoms with Crippen molar-refractivity contribution in [2.45, 2.75) is 12.2 Å². The smallest absolute Gasteiger partial charge is 0.256 e. The zero-order valence-corrected chi connectivity index (χ0v) is 9.01. The number of halogens is 1. The number of carbonyl (C=O) groups excluding carboxylic acids is 1. The van der Waals surface area contributed by atoms with Gasteiger partial charge >= 0.3 is 0 Å². The average molecular weight is 240 g/mol. The Labute approximate surface area is 97.3 Å². The molecule has 17 heavy (non-hydrogen) atoms. The zero-order valence-electron chi connectivity index (χ0n) is 9.01. The number of aliphatic hydroxyl groups excluding tert-OH is 2. The summed E-state index contributed by atoms with van der Waals surface area (Å²) in [5.74, 6) is -1.14. The maximum Gasteiger partial charge on any atom is 0.256 e. The number of benzene rings is 1. The molecule has 1 aromatic rings. The lowest BCUT2D eigenvalue weighted by molar-refractivity contribution is 0.0572. The first kappa shape index (κ1) is 11.8. The van der Waals surface area contributed by atoms with E-state index in [2.05, 4.69) is 0 Å². The fraction of sp³-hybridized carbons (Fsp3) is 0.364. The minimum atomic E-state index is -0.964. The van der Waals surface area contributed by atoms with Gasteiger partial charge in [-0.2, -0.15) is 0 Å². The van der Waals surface area contributed by atoms with Crippen LogP contribution in [0.3, 0.4) is 0 Å². The monoisotopic (exact) mass is 240 g/mol. The van der Waals surface area contributed by atoms with Crippen molar-refractivity contribution in [1.82, 2.24) is 4.90 Å². The molecule has 0 aromatic heterocycles. The molecule has 5 nitrogen and oxygen atoms in total. The molecule has 0 saturated carbocycles. The Kier molecular flexibility index (Phi) is 2.99. The third kappa shape index (κ3) is 2.09. The Hall–Kier alpha value is -1.66. The molecule has 1 fully saturated rings. The van der Waals surface area contributed by atoms with Crippen LogP contribution in [0, 0.1) is 5.82 Å². The fourth-order valence-corrected chi connectivity index (χ4v) is 1.83. The number of nitrogens with zero attached hydrogens (tertiary/aromatic N) is 1. The van der Waals surface area contributed by atoms with Gasteiger partial charge in [-0.15, -0.1) is 0 Å². The molecule has 1 aliphatic rings. The lowest BCUT2D eigenvalue weighted by atomic mass is 10.1. The minimum Gasteiger partial charge on any atom is -0.396 e. The van der Waals surface area contributed by atoms with Crippen LogP contribution in [-0.4, -0.2) is 46.3 Å². The number of nitrogen functional groups attached to an aromatic ring is 1. The van der Waals surface area contributed by atoms with Crippen LogP contribution in [0.1, 0.15) is 10.4 Å². The van der Waals surface area contributed by atoms with Gasteiger partial charge in [-0.1, -0.05) is 6.07 Å². The van der Waals surface area contributed by atoms with Crippen LogP contribution in [0.25, 0.3) is 0 Å². The van der Waals surface area contributed by atoms with E-state index < -0.39 is 23.9 Å². The first-order chi connectivity index (χ1) is 8.00. The molecule has 2 rings (SSSR count). The van der Waals surface area contributed by atoms with Crippen molar-refractivity contribution in [1.29, 1.82) is 0 Å². The third-order valence-electron chi connectivity index (χ3n) is 2.83. The largest absolute Gasteiger partial charge is 0.396 e. The number of amides is 1. The first-order valence-corrected chi connectivity index (χ1v) is 5.20. The van der Waals surface area contributed by atoms with Gasteiger partial charge in [-0.05, 0) is 12.1 Å². The Morgan fingerprint density at radius 1 is 1.35 bits per heavy atom. The van der Waals surface area contributed by atoms with Crippen molar-refractivity contribution in [3.05, 3.63) is 29.6 Å². The Balaban J connectivity index is 2.24. The van der Waals surface area contributed by atoms with Gasteiger partial charge in [0.2, 0.25) is 0 Å². The molecule has 1 aliphatic heterocycles. The van der Waals surface area contributed by atoms with Gasteiger partial charge in [0.25, 0.3) is 5.91 Å². The Morgan fingerprint density at radius 2 is 1.94 bits per heavy atom. The predicted molar refractivity (Wildman–Crippen MR) is 58.7 cm³/mol. The molecule has 1 aromatic carbocycles. The van der Waals surface area contributed by atoms with Crippen LogP contribution in [0.5, 0.6) is 0 Å². The molecule has 92 valence electrons. The molecule has 0 radical (unpaired) electrons. The highest BCUT2D eigenvalue weighted by Crippen LogP contribution is 2.20. The molecule has 1 heterocycles. The number of anilines is 1. The standard InChI is InChI=1S/C11H13FN2O3/c12-7-3-1-2-6(10(7)13)11(17)14-4-8(15)9(16)5-14/h1-3,8-9,15-16H,4-5,13H2/t8-,9+. The number of nitrogens with two attached hydrogens (primary N) is 1. The molecular formula is C11H13FN2O3. The predicted octanol–water partition coefficient (Wildman–Crippen LogP) is -0.415. The molecular weight excluding hydrogens is 227 g/mol. The summed E-state index contributed by atoms with van der Waals surface area (Å²) in [6, 6.07) is 3.97. The van der Waals surface area contributed by atoms with Crippen molar-refractivity contribution in [3.8, 4) is 0 Å². The number of β-amino-alcohol motifs (C(OH)–C–C–N with tert-alkyl or cyclic N) is 2. The molecule has 0 unspecified atom stereocenters. The lowest BCUT2D eigenvalue weighted by Crippen LogP contribution is -2.30. The van der Waals surface area contributed by atoms with E-state index in [9.17, 15) is 19.4 Å². The summed E-state index contributed by atoms with van der Waals surface area (Å²) >= 11 is 0. The van der Waals surface area contributed by atoms with Crippen LogP contribution in [-0.2, 0) is 0 Å². The zero-order chi connectivity index (χ0) is 12.6. The molecule has 4 N–H and O–H groups in total. The molecule has 6 heteroatoms. The van der Waals surface area contributed by atoms with Crippen molar-refractivity contribution in [2.75, 3.05) is 18.8 Å². The summed E-state index contributed by atoms with van der Waals surface area (Å²) in [5.41, 5.74) is 5.31. The summed E-state index contributed by atoms with van der Waals surface area (Å²) in [4.78, 5) is 13.2. The molecule has 0 spiro atoms. The van der Waals surface area contributed by atoms with E-state index in [4.69, 9.17) is 5.73 Å². The van der Waals surface area contributed by atoms with Gasteiger partial charge in [-0.25, -0.2) is 4.39 Å². The quantitative estimate of drug-likeness (QED) is 0.582. The fourth-order valence-electron chi connectivity index (χ4n) is 1.83. The summed E-state index contributed by atoms with van der Waals surface area (Å²) in [7, 11) is 0. The van der Waals surface area contributed by atoms with Crippen molar-refractivity contribution in [2.24, 2.45) is 0 Å². The maximum atomic E-state index is 13.2. The van der Waals surface area contributed by atoms with Crippen molar-refractivity contribution < 1.29 is 19.4 Å². The Morgan fingerprint density at radius 3 is 2.53 bits per heavy atom. The second-order valence-corrected chi connectivity index (χ2v) is 4.05. The highest BCUT2D eigenvalue weighted by atomic mass is 19.1. The van der Waals surface area contributed by atoms with Gasteiger partial charge in [0, 0.05) is 13.1 Å². The third-order valence-corrected chi connectivity index (χ3v) is 2.83. The molecule has 1 saturated heterocycles. The lowest BCUT2D eigenvalue weighted by Gasteiger charge is -2.16. The van der Waals surface area contributed by atoms with E-state index in [0.29, 0.717) is 0 Å². The van der Waals surface area contributed by atoms with E-state index in [1.54, 1.807) is 0 Å². The van der Waals surface area contributed by atoms with Gasteiger partial charge in [0.15, 0.2) is 0 Å². The van der Waals surface area contributed by atoms with Crippen LogP contribution in [0.15, 0.2) is 18.2 Å². The van der Waals surface area contributed by atoms with E-state index in [1.807, 2.05) is 0 Å². The summed E-state index contributed by atoms with van der Waals surface area (Å²) in [5, 5.41) is 18.7. The Bertz CT molecular complexity index is 442. The number of aliphatic hydroxyl groups is 2. The second-order valence-electron chi connectivity index (χ2n) is 4.05. The van der Waals surface area contributed by atoms with E-state index >= 15 is 0 Å². The molecule has 0 bridgehead atoms. The van der Waals surface area contributed by atoms with Crippen LogP contribution in [0.4, 0.5) is 10.1 Å². The maximum absolute atomic E-state index is 13.2. The summed E-state index contributed by atoms with van der Waals surface area (Å²) < 4.78 is 13.2. The minimum absolute atomic E-state index is 0.0238. The van der Waals surface area contributed by atoms with E-state index in [-0.39, 0.29) is 24.3 Å². The van der Waals surface area contributed by atoms with Crippen molar-refractivity contribution >= 4 is 11.6 Å². The first-order valence-electron chi connectivity index (χ1n) is 5.20. The van der Waals surface area contributed by atoms with Gasteiger partial charge < -0.3 is 20.8 Å². The van der Waals surface area contributed by atoms with Crippen molar-refractivity contribution in [3.63, 3.8) is 0 Å². The molecule has 2 atom stereocenters. The van der Waals surface area contributed by atoms with Gasteiger partial charge in [0.05, 0.1) is 23.5 Å². The SMILES string of the molecule is Nc1c(F)cccc1C(=O)N1C[C@@H](O)[C@@H](O)C1. The summed E-state index contributed by atoms with van der Waals surface area (Å²) in [6.45, 7) is 0.0475. The van der Waals surface area contributed by atoms with Crippen LogP contribution >= 0.6 is 0 Å². The number of carbonyl (C=O) groups is 1. The van der Waals surface area contributed by atoms with Crippen LogP contribution in [0.2, 0.25) is 0 Å². The highest BCUT2D eigenvalue weighted by molar-refractivity contribution is 5.99. The van der Waals surface area contributed by atoms with Gasteiger partial charge in [0.1, 0.15) is 5.82 Å². The number of likely N-dealkylation sites (tertiary alicyclic amines) is 1. The number of hydrogen-bond donors (Lipinski definition) is 3. The summed E-state index contributed by atoms with van der Waals surface area (Å²) in [6.07, 6.45) is -1.93. The topological polar surface area (TPSA) is 86.8 Å². The van der Waals surface area contributed by atoms with E-state index in [0.717, 1.165) is 0 Å². The second kappa shape index (κ2) is 4.31. The van der Waals surface area contributed by atoms with E-state index in [1.165, 1.54) is 23.1 Å². The van der Waals surface area contributed by atoms with Crippen LogP contribution < -0.4 is 5.73 Å². The average Bonchev–Trinajstić information content (AvgIpc) is 2.62.